The third-order valence-corrected chi connectivity index (χ3v) is 7.50. The summed E-state index contributed by atoms with van der Waals surface area (Å²) in [7, 11) is 0. The van der Waals surface area contributed by atoms with Gasteiger partial charge in [-0.25, -0.2) is 4.98 Å². The molecule has 1 saturated heterocycles. The van der Waals surface area contributed by atoms with Crippen LogP contribution in [-0.4, -0.2) is 51.4 Å². The minimum absolute atomic E-state index is 0.198. The van der Waals surface area contributed by atoms with E-state index < -0.39 is 11.7 Å². The summed E-state index contributed by atoms with van der Waals surface area (Å²) in [4.78, 5) is 22.2. The molecule has 3 aromatic rings. The SMILES string of the molecule is CCCN1CC2C(C1)C2CN(Cc1cccc(Cl)c1)C(=O)c1cn(-c2ccc(C(F)(F)F)cc2)cn1. The molecule has 0 N–H and O–H groups in total. The Bertz CT molecular complexity index is 1210. The number of imidazole rings is 1. The number of amides is 1. The number of nitrogens with zero attached hydrogens (tertiary/aromatic N) is 4. The highest BCUT2D eigenvalue weighted by atomic mass is 35.5. The number of carbonyl (C=O) groups is 1. The molecule has 5 rings (SSSR count). The lowest BCUT2D eigenvalue weighted by Crippen LogP contribution is -2.35. The third-order valence-electron chi connectivity index (χ3n) is 7.26. The van der Waals surface area contributed by atoms with Gasteiger partial charge in [0.25, 0.3) is 5.91 Å². The van der Waals surface area contributed by atoms with Gasteiger partial charge < -0.3 is 14.4 Å². The average Bonchev–Trinajstić information content (AvgIpc) is 3.21. The Labute approximate surface area is 213 Å². The van der Waals surface area contributed by atoms with Gasteiger partial charge in [-0.15, -0.1) is 0 Å². The van der Waals surface area contributed by atoms with E-state index in [9.17, 15) is 18.0 Å². The molecule has 0 radical (unpaired) electrons. The first kappa shape index (κ1) is 24.8. The lowest BCUT2D eigenvalue weighted by molar-refractivity contribution is -0.137. The Morgan fingerprint density at radius 3 is 2.50 bits per heavy atom. The quantitative estimate of drug-likeness (QED) is 0.381. The van der Waals surface area contributed by atoms with E-state index in [2.05, 4.69) is 16.8 Å². The summed E-state index contributed by atoms with van der Waals surface area (Å²) < 4.78 is 40.3. The molecule has 9 heteroatoms. The van der Waals surface area contributed by atoms with Crippen molar-refractivity contribution in [2.45, 2.75) is 26.1 Å². The van der Waals surface area contributed by atoms with Gasteiger partial charge >= 0.3 is 6.18 Å². The van der Waals surface area contributed by atoms with Crippen molar-refractivity contribution in [3.05, 3.63) is 82.9 Å². The van der Waals surface area contributed by atoms with Gasteiger partial charge in [-0.05, 0) is 72.7 Å². The van der Waals surface area contributed by atoms with Crippen molar-refractivity contribution < 1.29 is 18.0 Å². The number of rotatable bonds is 8. The second-order valence-corrected chi connectivity index (χ2v) is 10.2. The topological polar surface area (TPSA) is 41.4 Å². The number of benzene rings is 2. The lowest BCUT2D eigenvalue weighted by Gasteiger charge is -2.25. The van der Waals surface area contributed by atoms with Crippen molar-refractivity contribution in [1.82, 2.24) is 19.4 Å². The van der Waals surface area contributed by atoms with Gasteiger partial charge in [-0.1, -0.05) is 30.7 Å². The van der Waals surface area contributed by atoms with E-state index in [-0.39, 0.29) is 11.6 Å². The van der Waals surface area contributed by atoms with E-state index in [0.29, 0.717) is 41.6 Å². The molecule has 5 nitrogen and oxygen atoms in total. The number of fused-ring (bicyclic) bond motifs is 1. The molecule has 2 atom stereocenters. The molecule has 2 heterocycles. The molecule has 2 aliphatic rings. The number of alkyl halides is 3. The maximum absolute atomic E-state index is 13.6. The molecule has 36 heavy (non-hydrogen) atoms. The number of likely N-dealkylation sites (tertiary alicyclic amines) is 1. The molecule has 2 unspecified atom stereocenters. The Hall–Kier alpha value is -2.84. The monoisotopic (exact) mass is 516 g/mol. The van der Waals surface area contributed by atoms with Crippen LogP contribution in [0.3, 0.4) is 0 Å². The van der Waals surface area contributed by atoms with Crippen LogP contribution in [0.25, 0.3) is 5.69 Å². The summed E-state index contributed by atoms with van der Waals surface area (Å²) in [5, 5.41) is 0.616. The van der Waals surface area contributed by atoms with Crippen LogP contribution in [0.15, 0.2) is 61.1 Å². The fraction of sp³-hybridized carbons (Fsp3) is 0.407. The summed E-state index contributed by atoms with van der Waals surface area (Å²) in [5.41, 5.74) is 0.985. The van der Waals surface area contributed by atoms with Crippen LogP contribution in [0.4, 0.5) is 13.2 Å². The zero-order valence-corrected chi connectivity index (χ0v) is 20.7. The van der Waals surface area contributed by atoms with Gasteiger partial charge in [0, 0.05) is 43.1 Å². The van der Waals surface area contributed by atoms with Gasteiger partial charge in [-0.3, -0.25) is 4.79 Å². The lowest BCUT2D eigenvalue weighted by atomic mass is 10.1. The van der Waals surface area contributed by atoms with Crippen molar-refractivity contribution in [1.29, 1.82) is 0 Å². The molecule has 1 aromatic heterocycles. The van der Waals surface area contributed by atoms with Crippen LogP contribution in [-0.2, 0) is 12.7 Å². The third kappa shape index (κ3) is 5.30. The van der Waals surface area contributed by atoms with E-state index in [1.807, 2.05) is 23.1 Å². The largest absolute Gasteiger partial charge is 0.416 e. The van der Waals surface area contributed by atoms with Gasteiger partial charge in [0.2, 0.25) is 0 Å². The summed E-state index contributed by atoms with van der Waals surface area (Å²) in [6.07, 6.45) is -0.219. The predicted molar refractivity (Wildman–Crippen MR) is 132 cm³/mol. The van der Waals surface area contributed by atoms with Crippen molar-refractivity contribution in [3.8, 4) is 5.69 Å². The Balaban J connectivity index is 1.32. The molecule has 0 spiro atoms. The Morgan fingerprint density at radius 2 is 1.86 bits per heavy atom. The standard InChI is InChI=1S/C27H28ClF3N4O/c1-2-10-33-13-22-23(14-33)24(22)15-34(12-18-4-3-5-20(28)11-18)26(36)25-16-35(17-32-25)21-8-6-19(7-9-21)27(29,30)31/h3-9,11,16-17,22-24H,2,10,12-15H2,1H3. The number of piperidine rings is 1. The molecule has 190 valence electrons. The van der Waals surface area contributed by atoms with Crippen molar-refractivity contribution in [3.63, 3.8) is 0 Å². The summed E-state index contributed by atoms with van der Waals surface area (Å²) in [6.45, 7) is 6.55. The second kappa shape index (κ2) is 9.90. The normalized spacial score (nSPS) is 21.4. The molecular weight excluding hydrogens is 489 g/mol. The first-order chi connectivity index (χ1) is 17.2. The minimum Gasteiger partial charge on any atom is -0.333 e. The highest BCUT2D eigenvalue weighted by Gasteiger charge is 2.55. The number of hydrogen-bond acceptors (Lipinski definition) is 3. The first-order valence-electron chi connectivity index (χ1n) is 12.2. The molecule has 0 bridgehead atoms. The zero-order valence-electron chi connectivity index (χ0n) is 20.0. The summed E-state index contributed by atoms with van der Waals surface area (Å²) >= 11 is 6.18. The van der Waals surface area contributed by atoms with Gasteiger partial charge in [0.1, 0.15) is 12.0 Å². The molecule has 1 amide bonds. The first-order valence-corrected chi connectivity index (χ1v) is 12.6. The van der Waals surface area contributed by atoms with Gasteiger partial charge in [0.05, 0.1) is 5.56 Å². The van der Waals surface area contributed by atoms with Crippen LogP contribution in [0, 0.1) is 17.8 Å². The molecule has 2 fully saturated rings. The predicted octanol–water partition coefficient (Wildman–Crippen LogP) is 5.77. The zero-order chi connectivity index (χ0) is 25.4. The van der Waals surface area contributed by atoms with E-state index in [0.717, 1.165) is 43.8 Å². The highest BCUT2D eigenvalue weighted by molar-refractivity contribution is 6.30. The van der Waals surface area contributed by atoms with Crippen LogP contribution in [0.1, 0.15) is 35.0 Å². The number of carbonyl (C=O) groups excluding carboxylic acids is 1. The second-order valence-electron chi connectivity index (χ2n) is 9.78. The smallest absolute Gasteiger partial charge is 0.333 e. The number of hydrogen-bond donors (Lipinski definition) is 0. The molecule has 1 aliphatic carbocycles. The summed E-state index contributed by atoms with van der Waals surface area (Å²) in [5.74, 6) is 1.51. The summed E-state index contributed by atoms with van der Waals surface area (Å²) in [6, 6.07) is 12.3. The van der Waals surface area contributed by atoms with Crippen molar-refractivity contribution in [2.75, 3.05) is 26.2 Å². The maximum atomic E-state index is 13.6. The van der Waals surface area contributed by atoms with Crippen LogP contribution >= 0.6 is 11.6 Å². The molecule has 1 aliphatic heterocycles. The minimum atomic E-state index is -4.40. The van der Waals surface area contributed by atoms with Crippen LogP contribution in [0.2, 0.25) is 5.02 Å². The average molecular weight is 517 g/mol. The number of aromatic nitrogens is 2. The van der Waals surface area contributed by atoms with E-state index in [1.165, 1.54) is 18.5 Å². The van der Waals surface area contributed by atoms with E-state index in [1.54, 1.807) is 16.8 Å². The Kier molecular flexibility index (Phi) is 6.83. The Morgan fingerprint density at radius 1 is 1.14 bits per heavy atom. The van der Waals surface area contributed by atoms with Gasteiger partial charge in [-0.2, -0.15) is 13.2 Å². The highest BCUT2D eigenvalue weighted by Crippen LogP contribution is 2.52. The fourth-order valence-corrected chi connectivity index (χ4v) is 5.61. The van der Waals surface area contributed by atoms with Gasteiger partial charge in [0.15, 0.2) is 0 Å². The van der Waals surface area contributed by atoms with E-state index >= 15 is 0 Å². The molecule has 1 saturated carbocycles. The van der Waals surface area contributed by atoms with Crippen LogP contribution < -0.4 is 0 Å². The molecule has 2 aromatic carbocycles. The van der Waals surface area contributed by atoms with Crippen molar-refractivity contribution in [2.24, 2.45) is 17.8 Å². The van der Waals surface area contributed by atoms with Crippen molar-refractivity contribution >= 4 is 17.5 Å². The fourth-order valence-electron chi connectivity index (χ4n) is 5.39. The maximum Gasteiger partial charge on any atom is 0.416 e. The molecular formula is C27H28ClF3N4O. The number of halogens is 4. The van der Waals surface area contributed by atoms with Crippen LogP contribution in [0.5, 0.6) is 0 Å². The van der Waals surface area contributed by atoms with E-state index in [4.69, 9.17) is 11.6 Å².